The molecule has 0 saturated carbocycles. The number of fused-ring (bicyclic) bond motifs is 1. The van der Waals surface area contributed by atoms with Crippen LogP contribution in [0.4, 0.5) is 0 Å². The summed E-state index contributed by atoms with van der Waals surface area (Å²) in [6, 6.07) is 13.8. The Hall–Kier alpha value is -1.39. The lowest BCUT2D eigenvalue weighted by molar-refractivity contribution is -0.121. The minimum absolute atomic E-state index is 0.173. The zero-order valence-corrected chi connectivity index (χ0v) is 16.8. The summed E-state index contributed by atoms with van der Waals surface area (Å²) in [5.74, 6) is 0.173. The Morgan fingerprint density at radius 3 is 2.63 bits per heavy atom. The Labute approximate surface area is 170 Å². The van der Waals surface area contributed by atoms with Crippen LogP contribution in [0.2, 0.25) is 10.0 Å². The van der Waals surface area contributed by atoms with Crippen molar-refractivity contribution >= 4 is 29.0 Å². The van der Waals surface area contributed by atoms with E-state index in [4.69, 9.17) is 23.2 Å². The van der Waals surface area contributed by atoms with E-state index in [0.29, 0.717) is 22.5 Å². The Morgan fingerprint density at radius 2 is 1.85 bits per heavy atom. The molecule has 3 nitrogen and oxygen atoms in total. The molecule has 2 aromatic rings. The highest BCUT2D eigenvalue weighted by molar-refractivity contribution is 6.42. The molecule has 0 bridgehead atoms. The molecule has 0 radical (unpaired) electrons. The second kappa shape index (κ2) is 8.32. The van der Waals surface area contributed by atoms with Gasteiger partial charge in [-0.1, -0.05) is 53.5 Å². The number of nitrogens with zero attached hydrogens (tertiary/aromatic N) is 1. The molecule has 1 N–H and O–H groups in total. The highest BCUT2D eigenvalue weighted by Gasteiger charge is 2.31. The molecule has 1 fully saturated rings. The molecule has 1 saturated heterocycles. The van der Waals surface area contributed by atoms with Crippen molar-refractivity contribution in [2.24, 2.45) is 0 Å². The number of carbonyl (C=O) groups excluding carboxylic acids is 1. The Bertz CT molecular complexity index is 833. The summed E-state index contributed by atoms with van der Waals surface area (Å²) >= 11 is 12.1. The summed E-state index contributed by atoms with van der Waals surface area (Å²) in [5.41, 5.74) is 3.29. The van der Waals surface area contributed by atoms with E-state index in [9.17, 15) is 4.79 Å². The minimum Gasteiger partial charge on any atom is -0.302 e. The van der Waals surface area contributed by atoms with Crippen molar-refractivity contribution in [3.63, 3.8) is 0 Å². The minimum atomic E-state index is -0.267. The number of nitrogens with one attached hydrogen (secondary N) is 1. The summed E-state index contributed by atoms with van der Waals surface area (Å²) < 4.78 is 0. The topological polar surface area (TPSA) is 32.3 Å². The summed E-state index contributed by atoms with van der Waals surface area (Å²) in [6.07, 6.45) is 3.88. The molecule has 2 heterocycles. The predicted octanol–water partition coefficient (Wildman–Crippen LogP) is 4.46. The van der Waals surface area contributed by atoms with E-state index in [1.165, 1.54) is 31.5 Å². The number of rotatable bonds is 5. The molecule has 4 rings (SSSR count). The zero-order valence-electron chi connectivity index (χ0n) is 15.3. The average Bonchev–Trinajstić information content (AvgIpc) is 3.17. The van der Waals surface area contributed by atoms with Gasteiger partial charge in [-0.2, -0.15) is 0 Å². The van der Waals surface area contributed by atoms with E-state index in [0.717, 1.165) is 24.1 Å². The van der Waals surface area contributed by atoms with Crippen LogP contribution < -0.4 is 5.32 Å². The first-order valence-corrected chi connectivity index (χ1v) is 10.4. The fraction of sp³-hybridized carbons (Fsp3) is 0.409. The summed E-state index contributed by atoms with van der Waals surface area (Å²) in [5, 5.41) is 4.64. The van der Waals surface area contributed by atoms with Gasteiger partial charge in [0, 0.05) is 19.0 Å². The molecule has 142 valence electrons. The molecule has 0 amide bonds. The standard InChI is InChI=1S/C22H24Cl2N2O/c23-19-8-7-15(11-20(19)24)12-21(27)22-18-6-2-1-5-16(18)13-17(25-22)14-26-9-3-4-10-26/h1-2,5-8,11,17,22,25H,3-4,9-10,12-14H2/t17-,22+/m0/s1. The Morgan fingerprint density at radius 1 is 1.07 bits per heavy atom. The molecule has 0 aromatic heterocycles. The molecular weight excluding hydrogens is 379 g/mol. The average molecular weight is 403 g/mol. The SMILES string of the molecule is O=C(Cc1ccc(Cl)c(Cl)c1)[C@@H]1N[C@H](CN2CCCC2)Cc2ccccc21. The molecule has 0 unspecified atom stereocenters. The Kier molecular flexibility index (Phi) is 5.84. The van der Waals surface area contributed by atoms with Crippen LogP contribution in [0.15, 0.2) is 42.5 Å². The lowest BCUT2D eigenvalue weighted by atomic mass is 9.86. The predicted molar refractivity (Wildman–Crippen MR) is 111 cm³/mol. The smallest absolute Gasteiger partial charge is 0.158 e. The number of likely N-dealkylation sites (tertiary alicyclic amines) is 1. The van der Waals surface area contributed by atoms with Gasteiger partial charge >= 0.3 is 0 Å². The number of ketones is 1. The molecule has 2 aromatic carbocycles. The first-order chi connectivity index (χ1) is 13.1. The van der Waals surface area contributed by atoms with E-state index in [2.05, 4.69) is 28.4 Å². The molecular formula is C22H24Cl2N2O. The van der Waals surface area contributed by atoms with E-state index < -0.39 is 0 Å². The lowest BCUT2D eigenvalue weighted by Crippen LogP contribution is -2.48. The second-order valence-corrected chi connectivity index (χ2v) is 8.41. The van der Waals surface area contributed by atoms with Gasteiger partial charge in [0.2, 0.25) is 0 Å². The number of hydrogen-bond acceptors (Lipinski definition) is 3. The van der Waals surface area contributed by atoms with Gasteiger partial charge in [0.05, 0.1) is 16.1 Å². The number of halogens is 2. The van der Waals surface area contributed by atoms with Crippen molar-refractivity contribution < 1.29 is 4.79 Å². The number of benzene rings is 2. The van der Waals surface area contributed by atoms with Crippen LogP contribution >= 0.6 is 23.2 Å². The maximum Gasteiger partial charge on any atom is 0.158 e. The monoisotopic (exact) mass is 402 g/mol. The first kappa shape index (κ1) is 18.9. The molecule has 2 aliphatic rings. The molecule has 2 aliphatic heterocycles. The maximum atomic E-state index is 13.2. The van der Waals surface area contributed by atoms with Gasteiger partial charge in [-0.25, -0.2) is 0 Å². The van der Waals surface area contributed by atoms with Gasteiger partial charge in [-0.3, -0.25) is 10.1 Å². The second-order valence-electron chi connectivity index (χ2n) is 7.60. The van der Waals surface area contributed by atoms with Crippen LogP contribution in [-0.4, -0.2) is 36.4 Å². The Balaban J connectivity index is 1.53. The molecule has 0 aliphatic carbocycles. The highest BCUT2D eigenvalue weighted by Crippen LogP contribution is 2.29. The molecule has 5 heteroatoms. The summed E-state index contributed by atoms with van der Waals surface area (Å²) in [6.45, 7) is 3.34. The molecule has 2 atom stereocenters. The van der Waals surface area contributed by atoms with Gasteiger partial charge in [0.25, 0.3) is 0 Å². The third-order valence-electron chi connectivity index (χ3n) is 5.60. The third-order valence-corrected chi connectivity index (χ3v) is 6.34. The van der Waals surface area contributed by atoms with Crippen LogP contribution in [0.25, 0.3) is 0 Å². The van der Waals surface area contributed by atoms with Crippen LogP contribution in [0.5, 0.6) is 0 Å². The van der Waals surface area contributed by atoms with Crippen LogP contribution in [0.3, 0.4) is 0 Å². The largest absolute Gasteiger partial charge is 0.302 e. The normalized spacial score (nSPS) is 22.6. The fourth-order valence-electron chi connectivity index (χ4n) is 4.26. The number of hydrogen-bond donors (Lipinski definition) is 1. The van der Waals surface area contributed by atoms with Crippen LogP contribution in [0.1, 0.15) is 35.6 Å². The van der Waals surface area contributed by atoms with E-state index in [-0.39, 0.29) is 11.8 Å². The van der Waals surface area contributed by atoms with Crippen molar-refractivity contribution in [2.45, 2.75) is 37.8 Å². The summed E-state index contributed by atoms with van der Waals surface area (Å²) in [4.78, 5) is 15.7. The molecule has 0 spiro atoms. The quantitative estimate of drug-likeness (QED) is 0.800. The fourth-order valence-corrected chi connectivity index (χ4v) is 4.59. The van der Waals surface area contributed by atoms with Gasteiger partial charge in [0.1, 0.15) is 0 Å². The number of carbonyl (C=O) groups is 1. The maximum absolute atomic E-state index is 13.2. The van der Waals surface area contributed by atoms with Crippen molar-refractivity contribution in [1.29, 1.82) is 0 Å². The van der Waals surface area contributed by atoms with Crippen LogP contribution in [0, 0.1) is 0 Å². The summed E-state index contributed by atoms with van der Waals surface area (Å²) in [7, 11) is 0. The lowest BCUT2D eigenvalue weighted by Gasteiger charge is -2.34. The van der Waals surface area contributed by atoms with Crippen molar-refractivity contribution in [3.8, 4) is 0 Å². The van der Waals surface area contributed by atoms with Gasteiger partial charge in [0.15, 0.2) is 5.78 Å². The van der Waals surface area contributed by atoms with E-state index >= 15 is 0 Å². The molecule has 27 heavy (non-hydrogen) atoms. The van der Waals surface area contributed by atoms with Crippen molar-refractivity contribution in [1.82, 2.24) is 10.2 Å². The van der Waals surface area contributed by atoms with Crippen LogP contribution in [-0.2, 0) is 17.6 Å². The van der Waals surface area contributed by atoms with Gasteiger partial charge in [-0.15, -0.1) is 0 Å². The van der Waals surface area contributed by atoms with E-state index in [1.807, 2.05) is 12.1 Å². The van der Waals surface area contributed by atoms with Crippen molar-refractivity contribution in [3.05, 3.63) is 69.2 Å². The first-order valence-electron chi connectivity index (χ1n) is 9.63. The zero-order chi connectivity index (χ0) is 18.8. The number of Topliss-reactive ketones (excluding diaryl/α,β-unsaturated/α-hetero) is 1. The van der Waals surface area contributed by atoms with E-state index in [1.54, 1.807) is 12.1 Å². The van der Waals surface area contributed by atoms with Gasteiger partial charge in [-0.05, 0) is 61.2 Å². The van der Waals surface area contributed by atoms with Gasteiger partial charge < -0.3 is 4.90 Å². The third kappa shape index (κ3) is 4.38. The highest BCUT2D eigenvalue weighted by atomic mass is 35.5. The van der Waals surface area contributed by atoms with Crippen molar-refractivity contribution in [2.75, 3.05) is 19.6 Å².